The maximum atomic E-state index is 11.7. The predicted molar refractivity (Wildman–Crippen MR) is 105 cm³/mol. The van der Waals surface area contributed by atoms with Crippen LogP contribution in [-0.4, -0.2) is 75.7 Å². The standard InChI is InChI=1S/C16H32N4O2.HI/c1-5-6-9-17-16(18-12-15(21)19(2)3)20(4)10-11-22-13-14-7-8-14;/h14H,5-13H2,1-4H3,(H,17,18);1H. The monoisotopic (exact) mass is 440 g/mol. The van der Waals surface area contributed by atoms with Crippen LogP contribution in [0.5, 0.6) is 0 Å². The number of carbonyl (C=O) groups excluding carboxylic acids is 1. The number of guanidine groups is 1. The van der Waals surface area contributed by atoms with Gasteiger partial charge in [-0.25, -0.2) is 4.99 Å². The van der Waals surface area contributed by atoms with Crippen LogP contribution >= 0.6 is 24.0 Å². The van der Waals surface area contributed by atoms with Gasteiger partial charge in [0.2, 0.25) is 5.91 Å². The van der Waals surface area contributed by atoms with E-state index in [1.807, 2.05) is 11.9 Å². The first-order chi connectivity index (χ1) is 10.5. The highest BCUT2D eigenvalue weighted by Gasteiger charge is 2.21. The fourth-order valence-electron chi connectivity index (χ4n) is 1.81. The molecule has 1 saturated carbocycles. The van der Waals surface area contributed by atoms with Gasteiger partial charge in [-0.1, -0.05) is 13.3 Å². The number of carbonyl (C=O) groups is 1. The number of halogens is 1. The van der Waals surface area contributed by atoms with Gasteiger partial charge in [0.15, 0.2) is 5.96 Å². The van der Waals surface area contributed by atoms with E-state index in [0.29, 0.717) is 6.61 Å². The fraction of sp³-hybridized carbons (Fsp3) is 0.875. The quantitative estimate of drug-likeness (QED) is 0.244. The second-order valence-corrected chi connectivity index (χ2v) is 6.15. The van der Waals surface area contributed by atoms with Crippen molar-refractivity contribution in [3.05, 3.63) is 0 Å². The van der Waals surface area contributed by atoms with Crippen molar-refractivity contribution >= 4 is 35.8 Å². The molecule has 0 aliphatic heterocycles. The first-order valence-electron chi connectivity index (χ1n) is 8.32. The van der Waals surface area contributed by atoms with Crippen molar-refractivity contribution in [2.45, 2.75) is 32.6 Å². The van der Waals surface area contributed by atoms with Crippen molar-refractivity contribution < 1.29 is 9.53 Å². The van der Waals surface area contributed by atoms with E-state index in [1.54, 1.807) is 19.0 Å². The van der Waals surface area contributed by atoms with Gasteiger partial charge in [0, 0.05) is 40.8 Å². The molecule has 0 aromatic carbocycles. The molecule has 0 spiro atoms. The van der Waals surface area contributed by atoms with Gasteiger partial charge in [0.25, 0.3) is 0 Å². The van der Waals surface area contributed by atoms with E-state index >= 15 is 0 Å². The summed E-state index contributed by atoms with van der Waals surface area (Å²) in [4.78, 5) is 19.7. The molecule has 7 heteroatoms. The number of hydrogen-bond acceptors (Lipinski definition) is 3. The molecule has 0 aromatic rings. The van der Waals surface area contributed by atoms with Crippen molar-refractivity contribution in [3.63, 3.8) is 0 Å². The summed E-state index contributed by atoms with van der Waals surface area (Å²) in [5.41, 5.74) is 0. The highest BCUT2D eigenvalue weighted by Crippen LogP contribution is 2.28. The Bertz CT molecular complexity index is 360. The molecule has 0 aromatic heterocycles. The zero-order valence-electron chi connectivity index (χ0n) is 15.0. The van der Waals surface area contributed by atoms with E-state index in [1.165, 1.54) is 12.8 Å². The van der Waals surface area contributed by atoms with Gasteiger partial charge in [-0.3, -0.25) is 4.79 Å². The number of hydrogen-bond donors (Lipinski definition) is 1. The smallest absolute Gasteiger partial charge is 0.243 e. The SMILES string of the molecule is CCCCNC(=NCC(=O)N(C)C)N(C)CCOCC1CC1.I. The molecule has 0 unspecified atom stereocenters. The van der Waals surface area contributed by atoms with Gasteiger partial charge in [0.1, 0.15) is 6.54 Å². The van der Waals surface area contributed by atoms with Crippen molar-refractivity contribution in [1.82, 2.24) is 15.1 Å². The number of likely N-dealkylation sites (N-methyl/N-ethyl adjacent to an activating group) is 2. The van der Waals surface area contributed by atoms with Crippen LogP contribution in [-0.2, 0) is 9.53 Å². The Morgan fingerprint density at radius 2 is 2.00 bits per heavy atom. The van der Waals surface area contributed by atoms with Crippen molar-refractivity contribution in [1.29, 1.82) is 0 Å². The summed E-state index contributed by atoms with van der Waals surface area (Å²) in [7, 11) is 5.48. The lowest BCUT2D eigenvalue weighted by molar-refractivity contribution is -0.127. The van der Waals surface area contributed by atoms with Gasteiger partial charge in [-0.05, 0) is 25.2 Å². The Kier molecular flexibility index (Phi) is 12.5. The third kappa shape index (κ3) is 10.8. The third-order valence-corrected chi connectivity index (χ3v) is 3.66. The molecule has 0 heterocycles. The summed E-state index contributed by atoms with van der Waals surface area (Å²) in [6, 6.07) is 0. The van der Waals surface area contributed by atoms with Gasteiger partial charge >= 0.3 is 0 Å². The molecule has 6 nitrogen and oxygen atoms in total. The van der Waals surface area contributed by atoms with Crippen LogP contribution in [0.3, 0.4) is 0 Å². The number of aliphatic imine (C=N–C) groups is 1. The largest absolute Gasteiger partial charge is 0.379 e. The van der Waals surface area contributed by atoms with Crippen LogP contribution in [0.15, 0.2) is 4.99 Å². The van der Waals surface area contributed by atoms with E-state index in [4.69, 9.17) is 4.74 Å². The maximum Gasteiger partial charge on any atom is 0.243 e. The molecular weight excluding hydrogens is 407 g/mol. The van der Waals surface area contributed by atoms with Gasteiger partial charge in [-0.2, -0.15) is 0 Å². The molecule has 1 aliphatic rings. The second kappa shape index (κ2) is 12.8. The Hall–Kier alpha value is -0.570. The Morgan fingerprint density at radius 3 is 2.57 bits per heavy atom. The van der Waals surface area contributed by atoms with E-state index in [9.17, 15) is 4.79 Å². The third-order valence-electron chi connectivity index (χ3n) is 3.66. The lowest BCUT2D eigenvalue weighted by Gasteiger charge is -2.22. The first-order valence-corrected chi connectivity index (χ1v) is 8.32. The van der Waals surface area contributed by atoms with Crippen molar-refractivity contribution in [2.24, 2.45) is 10.9 Å². The van der Waals surface area contributed by atoms with Crippen LogP contribution in [0.1, 0.15) is 32.6 Å². The number of ether oxygens (including phenoxy) is 1. The molecule has 1 aliphatic carbocycles. The summed E-state index contributed by atoms with van der Waals surface area (Å²) in [6.07, 6.45) is 4.85. The predicted octanol–water partition coefficient (Wildman–Crippen LogP) is 1.80. The lowest BCUT2D eigenvalue weighted by Crippen LogP contribution is -2.41. The normalized spacial score (nSPS) is 14.2. The molecule has 0 saturated heterocycles. The Balaban J connectivity index is 0.00000484. The van der Waals surface area contributed by atoms with E-state index in [-0.39, 0.29) is 36.4 Å². The van der Waals surface area contributed by atoms with E-state index in [0.717, 1.165) is 44.4 Å². The first kappa shape index (κ1) is 22.4. The summed E-state index contributed by atoms with van der Waals surface area (Å²) < 4.78 is 5.67. The fourth-order valence-corrected chi connectivity index (χ4v) is 1.81. The zero-order valence-corrected chi connectivity index (χ0v) is 17.3. The summed E-state index contributed by atoms with van der Waals surface area (Å²) in [5, 5.41) is 3.33. The lowest BCUT2D eigenvalue weighted by atomic mass is 10.3. The molecule has 136 valence electrons. The summed E-state index contributed by atoms with van der Waals surface area (Å²) in [5.74, 6) is 1.57. The molecule has 1 rings (SSSR count). The molecule has 1 amide bonds. The van der Waals surface area contributed by atoms with Crippen LogP contribution in [0.2, 0.25) is 0 Å². The van der Waals surface area contributed by atoms with Gasteiger partial charge in [0.05, 0.1) is 6.61 Å². The highest BCUT2D eigenvalue weighted by atomic mass is 127. The van der Waals surface area contributed by atoms with Crippen LogP contribution in [0.4, 0.5) is 0 Å². The number of unbranched alkanes of at least 4 members (excludes halogenated alkanes) is 1. The van der Waals surface area contributed by atoms with Crippen molar-refractivity contribution in [3.8, 4) is 0 Å². The number of nitrogens with one attached hydrogen (secondary N) is 1. The molecule has 0 atom stereocenters. The molecular formula is C16H33IN4O2. The Morgan fingerprint density at radius 1 is 1.30 bits per heavy atom. The van der Waals surface area contributed by atoms with Crippen LogP contribution in [0.25, 0.3) is 0 Å². The van der Waals surface area contributed by atoms with Gasteiger partial charge in [-0.15, -0.1) is 24.0 Å². The molecule has 0 radical (unpaired) electrons. The Labute approximate surface area is 158 Å². The van der Waals surface area contributed by atoms with E-state index < -0.39 is 0 Å². The molecule has 1 N–H and O–H groups in total. The van der Waals surface area contributed by atoms with Gasteiger partial charge < -0.3 is 19.9 Å². The number of rotatable bonds is 10. The van der Waals surface area contributed by atoms with Crippen molar-refractivity contribution in [2.75, 3.05) is 54.0 Å². The maximum absolute atomic E-state index is 11.7. The summed E-state index contributed by atoms with van der Waals surface area (Å²) in [6.45, 7) is 5.56. The summed E-state index contributed by atoms with van der Waals surface area (Å²) >= 11 is 0. The van der Waals surface area contributed by atoms with Crippen LogP contribution in [0, 0.1) is 5.92 Å². The van der Waals surface area contributed by atoms with Crippen LogP contribution < -0.4 is 5.32 Å². The zero-order chi connectivity index (χ0) is 16.4. The van der Waals surface area contributed by atoms with E-state index in [2.05, 4.69) is 17.2 Å². The minimum Gasteiger partial charge on any atom is -0.379 e. The average Bonchev–Trinajstić information content (AvgIpc) is 3.30. The minimum atomic E-state index is 0. The average molecular weight is 440 g/mol. The number of nitrogens with zero attached hydrogens (tertiary/aromatic N) is 3. The highest BCUT2D eigenvalue weighted by molar-refractivity contribution is 14.0. The molecule has 1 fully saturated rings. The number of amides is 1. The minimum absolute atomic E-state index is 0. The molecule has 0 bridgehead atoms. The molecule has 23 heavy (non-hydrogen) atoms. The second-order valence-electron chi connectivity index (χ2n) is 6.15. The topological polar surface area (TPSA) is 57.2 Å².